The SMILES string of the molecule is C[NH+](C)CC[NH+]1CCOC(c2ccccc2)c2ccccc2C1.[Cl-].[Cl-]. The van der Waals surface area contributed by atoms with E-state index in [0.717, 1.165) is 19.7 Å². The number of likely N-dealkylation sites (N-methyl/N-ethyl adjacent to an activating group) is 1. The highest BCUT2D eigenvalue weighted by atomic mass is 35.5. The maximum absolute atomic E-state index is 6.30. The summed E-state index contributed by atoms with van der Waals surface area (Å²) in [6.07, 6.45) is 0.0634. The highest BCUT2D eigenvalue weighted by Crippen LogP contribution is 2.28. The first kappa shape index (κ1) is 21.9. The summed E-state index contributed by atoms with van der Waals surface area (Å²) in [6.45, 7) is 5.36. The van der Waals surface area contributed by atoms with E-state index in [2.05, 4.69) is 68.7 Å². The molecule has 2 N–H and O–H groups in total. The molecule has 5 heteroatoms. The highest BCUT2D eigenvalue weighted by molar-refractivity contribution is 5.36. The second kappa shape index (κ2) is 10.8. The highest BCUT2D eigenvalue weighted by Gasteiger charge is 2.24. The van der Waals surface area contributed by atoms with E-state index in [1.807, 2.05) is 0 Å². The van der Waals surface area contributed by atoms with Gasteiger partial charge in [0.15, 0.2) is 0 Å². The number of fused-ring (bicyclic) bond motifs is 1. The Hall–Kier alpha value is -1.10. The van der Waals surface area contributed by atoms with Gasteiger partial charge in [-0.15, -0.1) is 0 Å². The Kier molecular flexibility index (Phi) is 9.47. The molecular formula is C20H28Cl2N2O. The molecule has 0 radical (unpaired) electrons. The van der Waals surface area contributed by atoms with E-state index < -0.39 is 0 Å². The standard InChI is InChI=1S/C20H26N2O.2ClH/c1-21(2)12-13-22-14-15-23-20(17-8-4-3-5-9-17)19-11-7-6-10-18(19)16-22;;/h3-11,20H,12-16H2,1-2H3;2*1H. The average Bonchev–Trinajstić information content (AvgIpc) is 2.55. The van der Waals surface area contributed by atoms with Gasteiger partial charge in [-0.2, -0.15) is 0 Å². The van der Waals surface area contributed by atoms with Crippen molar-refractivity contribution >= 4 is 0 Å². The van der Waals surface area contributed by atoms with Gasteiger partial charge >= 0.3 is 0 Å². The van der Waals surface area contributed by atoms with Crippen molar-refractivity contribution in [2.75, 3.05) is 40.3 Å². The summed E-state index contributed by atoms with van der Waals surface area (Å²) in [7, 11) is 4.44. The monoisotopic (exact) mass is 382 g/mol. The summed E-state index contributed by atoms with van der Waals surface area (Å²) in [6, 6.07) is 19.4. The molecule has 1 aliphatic rings. The maximum Gasteiger partial charge on any atom is 0.127 e. The van der Waals surface area contributed by atoms with Crippen molar-refractivity contribution in [3.05, 3.63) is 71.3 Å². The van der Waals surface area contributed by atoms with Crippen LogP contribution in [-0.4, -0.2) is 40.3 Å². The van der Waals surface area contributed by atoms with Crippen LogP contribution in [0.15, 0.2) is 54.6 Å². The number of halogens is 2. The molecule has 3 nitrogen and oxygen atoms in total. The Balaban J connectivity index is 0.00000156. The number of ether oxygens (including phenoxy) is 1. The first-order valence-corrected chi connectivity index (χ1v) is 8.61. The normalized spacial score (nSPS) is 19.8. The zero-order chi connectivity index (χ0) is 16.1. The number of quaternary nitrogens is 2. The predicted molar refractivity (Wildman–Crippen MR) is 92.8 cm³/mol. The second-order valence-corrected chi connectivity index (χ2v) is 6.74. The van der Waals surface area contributed by atoms with Crippen molar-refractivity contribution in [2.24, 2.45) is 0 Å². The fraction of sp³-hybridized carbons (Fsp3) is 0.400. The number of benzene rings is 2. The molecule has 25 heavy (non-hydrogen) atoms. The van der Waals surface area contributed by atoms with Gasteiger partial charge in [0.05, 0.1) is 20.7 Å². The molecule has 0 saturated carbocycles. The Bertz CT molecular complexity index is 622. The van der Waals surface area contributed by atoms with E-state index in [1.54, 1.807) is 4.90 Å². The van der Waals surface area contributed by atoms with E-state index in [-0.39, 0.29) is 30.9 Å². The number of hydrogen-bond donors (Lipinski definition) is 2. The lowest BCUT2D eigenvalue weighted by Crippen LogP contribution is -3.17. The fourth-order valence-electron chi connectivity index (χ4n) is 3.26. The second-order valence-electron chi connectivity index (χ2n) is 6.74. The largest absolute Gasteiger partial charge is 1.00 e. The third-order valence-electron chi connectivity index (χ3n) is 4.60. The molecular weight excluding hydrogens is 355 g/mol. The van der Waals surface area contributed by atoms with Crippen LogP contribution in [0.5, 0.6) is 0 Å². The topological polar surface area (TPSA) is 18.1 Å². The first-order chi connectivity index (χ1) is 11.2. The molecule has 2 atom stereocenters. The van der Waals surface area contributed by atoms with Crippen molar-refractivity contribution < 1.29 is 39.4 Å². The van der Waals surface area contributed by atoms with E-state index in [1.165, 1.54) is 34.7 Å². The molecule has 0 aliphatic carbocycles. The zero-order valence-electron chi connectivity index (χ0n) is 15.0. The summed E-state index contributed by atoms with van der Waals surface area (Å²) < 4.78 is 6.30. The van der Waals surface area contributed by atoms with E-state index in [0.29, 0.717) is 0 Å². The number of nitrogens with one attached hydrogen (secondary N) is 2. The molecule has 0 bridgehead atoms. The minimum atomic E-state index is 0. The first-order valence-electron chi connectivity index (χ1n) is 8.61. The minimum absolute atomic E-state index is 0. The van der Waals surface area contributed by atoms with Gasteiger partial charge in [0.1, 0.15) is 32.3 Å². The molecule has 0 fully saturated rings. The molecule has 2 aromatic rings. The van der Waals surface area contributed by atoms with Crippen LogP contribution in [0.25, 0.3) is 0 Å². The average molecular weight is 383 g/mol. The van der Waals surface area contributed by atoms with Gasteiger partial charge in [-0.1, -0.05) is 54.6 Å². The zero-order valence-corrected chi connectivity index (χ0v) is 16.5. The molecule has 0 amide bonds. The quantitative estimate of drug-likeness (QED) is 0.539. The van der Waals surface area contributed by atoms with Gasteiger partial charge in [-0.25, -0.2) is 0 Å². The Morgan fingerprint density at radius 1 is 1.00 bits per heavy atom. The number of rotatable bonds is 4. The van der Waals surface area contributed by atoms with Crippen LogP contribution in [0.4, 0.5) is 0 Å². The van der Waals surface area contributed by atoms with Crippen LogP contribution in [0, 0.1) is 0 Å². The van der Waals surface area contributed by atoms with Gasteiger partial charge in [0.25, 0.3) is 0 Å². The third-order valence-corrected chi connectivity index (χ3v) is 4.60. The molecule has 0 spiro atoms. The lowest BCUT2D eigenvalue weighted by molar-refractivity contribution is -0.951. The summed E-state index contributed by atoms with van der Waals surface area (Å²) in [4.78, 5) is 3.13. The van der Waals surface area contributed by atoms with Crippen molar-refractivity contribution in [3.63, 3.8) is 0 Å². The van der Waals surface area contributed by atoms with Crippen LogP contribution in [0.1, 0.15) is 22.8 Å². The van der Waals surface area contributed by atoms with Crippen molar-refractivity contribution in [3.8, 4) is 0 Å². The molecule has 3 rings (SSSR count). The van der Waals surface area contributed by atoms with Gasteiger partial charge < -0.3 is 39.4 Å². The van der Waals surface area contributed by atoms with Gasteiger partial charge in [0.2, 0.25) is 0 Å². The summed E-state index contributed by atoms with van der Waals surface area (Å²) in [5.74, 6) is 0. The Morgan fingerprint density at radius 3 is 2.40 bits per heavy atom. The molecule has 138 valence electrons. The van der Waals surface area contributed by atoms with Crippen molar-refractivity contribution in [1.82, 2.24) is 0 Å². The summed E-state index contributed by atoms with van der Waals surface area (Å²) >= 11 is 0. The lowest BCUT2D eigenvalue weighted by Gasteiger charge is -2.28. The van der Waals surface area contributed by atoms with Crippen LogP contribution < -0.4 is 34.6 Å². The fourth-order valence-corrected chi connectivity index (χ4v) is 3.26. The van der Waals surface area contributed by atoms with Crippen molar-refractivity contribution in [1.29, 1.82) is 0 Å². The predicted octanol–water partition coefficient (Wildman–Crippen LogP) is -5.66. The van der Waals surface area contributed by atoms with Crippen LogP contribution in [0.2, 0.25) is 0 Å². The van der Waals surface area contributed by atoms with Gasteiger partial charge in [-0.3, -0.25) is 0 Å². The van der Waals surface area contributed by atoms with Crippen LogP contribution in [-0.2, 0) is 11.3 Å². The summed E-state index contributed by atoms with van der Waals surface area (Å²) in [5, 5.41) is 0. The van der Waals surface area contributed by atoms with E-state index >= 15 is 0 Å². The third kappa shape index (κ3) is 5.98. The maximum atomic E-state index is 6.30. The van der Waals surface area contributed by atoms with E-state index in [9.17, 15) is 0 Å². The van der Waals surface area contributed by atoms with Gasteiger partial charge in [-0.05, 0) is 11.1 Å². The molecule has 2 unspecified atom stereocenters. The van der Waals surface area contributed by atoms with E-state index in [4.69, 9.17) is 4.74 Å². The molecule has 2 aromatic carbocycles. The van der Waals surface area contributed by atoms with Crippen LogP contribution in [0.3, 0.4) is 0 Å². The molecule has 1 heterocycles. The summed E-state index contributed by atoms with van der Waals surface area (Å²) in [5.41, 5.74) is 4.00. The Labute approximate surface area is 163 Å². The minimum Gasteiger partial charge on any atom is -1.00 e. The van der Waals surface area contributed by atoms with Gasteiger partial charge in [0, 0.05) is 5.56 Å². The molecule has 0 saturated heterocycles. The lowest BCUT2D eigenvalue weighted by atomic mass is 9.95. The molecule has 0 aromatic heterocycles. The molecule has 1 aliphatic heterocycles. The number of hydrogen-bond acceptors (Lipinski definition) is 1. The van der Waals surface area contributed by atoms with Crippen LogP contribution >= 0.6 is 0 Å². The van der Waals surface area contributed by atoms with Crippen molar-refractivity contribution in [2.45, 2.75) is 12.6 Å². The smallest absolute Gasteiger partial charge is 0.127 e. The Morgan fingerprint density at radius 2 is 1.68 bits per heavy atom.